The van der Waals surface area contributed by atoms with Gasteiger partial charge in [0.25, 0.3) is 0 Å². The summed E-state index contributed by atoms with van der Waals surface area (Å²) in [7, 11) is 0. The monoisotopic (exact) mass is 349 g/mol. The van der Waals surface area contributed by atoms with Gasteiger partial charge in [0.1, 0.15) is 0 Å². The molecule has 0 radical (unpaired) electrons. The summed E-state index contributed by atoms with van der Waals surface area (Å²) >= 11 is 0. The molecule has 136 valence electrons. The molecule has 0 atom stereocenters. The zero-order valence-electron chi connectivity index (χ0n) is 14.3. The fraction of sp³-hybridized carbons (Fsp3) is 0.706. The van der Waals surface area contributed by atoms with Gasteiger partial charge in [0.05, 0.1) is 18.4 Å². The third-order valence-electron chi connectivity index (χ3n) is 5.42. The quantitative estimate of drug-likeness (QED) is 0.862. The molecular formula is C17H24FN5O2. The van der Waals surface area contributed by atoms with Crippen LogP contribution in [0.1, 0.15) is 32.1 Å². The van der Waals surface area contributed by atoms with E-state index in [2.05, 4.69) is 20.2 Å². The first kappa shape index (κ1) is 16.5. The van der Waals surface area contributed by atoms with Crippen LogP contribution in [0.2, 0.25) is 0 Å². The van der Waals surface area contributed by atoms with E-state index in [-0.39, 0.29) is 17.3 Å². The molecule has 4 heterocycles. The van der Waals surface area contributed by atoms with Crippen LogP contribution >= 0.6 is 0 Å². The van der Waals surface area contributed by atoms with Gasteiger partial charge in [-0.2, -0.15) is 4.98 Å². The van der Waals surface area contributed by atoms with E-state index in [0.717, 1.165) is 51.9 Å². The van der Waals surface area contributed by atoms with Gasteiger partial charge in [0, 0.05) is 39.1 Å². The van der Waals surface area contributed by atoms with Crippen LogP contribution < -0.4 is 15.1 Å². The Balaban J connectivity index is 1.45. The van der Waals surface area contributed by atoms with Gasteiger partial charge in [-0.1, -0.05) is 0 Å². The number of carbonyl (C=O) groups excluding carboxylic acids is 1. The van der Waals surface area contributed by atoms with E-state index >= 15 is 0 Å². The van der Waals surface area contributed by atoms with Gasteiger partial charge in [-0.15, -0.1) is 0 Å². The van der Waals surface area contributed by atoms with Crippen LogP contribution in [0.3, 0.4) is 0 Å². The summed E-state index contributed by atoms with van der Waals surface area (Å²) in [5, 5.41) is 2.94. The summed E-state index contributed by atoms with van der Waals surface area (Å²) in [6.07, 6.45) is 5.46. The molecule has 25 heavy (non-hydrogen) atoms. The molecule has 1 spiro atoms. The van der Waals surface area contributed by atoms with Gasteiger partial charge >= 0.3 is 0 Å². The topological polar surface area (TPSA) is 70.6 Å². The van der Waals surface area contributed by atoms with E-state index in [1.807, 2.05) is 4.90 Å². The minimum atomic E-state index is -0.353. The Morgan fingerprint density at radius 3 is 2.68 bits per heavy atom. The molecule has 1 aromatic rings. The van der Waals surface area contributed by atoms with E-state index in [0.29, 0.717) is 31.3 Å². The number of aromatic nitrogens is 2. The van der Waals surface area contributed by atoms with Crippen molar-refractivity contribution in [1.82, 2.24) is 15.3 Å². The first-order chi connectivity index (χ1) is 12.2. The van der Waals surface area contributed by atoms with E-state index in [9.17, 15) is 9.18 Å². The number of hydrogen-bond acceptors (Lipinski definition) is 6. The number of piperidine rings is 1. The highest BCUT2D eigenvalue weighted by Gasteiger charge is 2.38. The number of nitrogens with one attached hydrogen (secondary N) is 1. The highest BCUT2D eigenvalue weighted by molar-refractivity contribution is 5.76. The zero-order valence-corrected chi connectivity index (χ0v) is 14.3. The van der Waals surface area contributed by atoms with Crippen LogP contribution in [-0.4, -0.2) is 60.8 Å². The average molecular weight is 349 g/mol. The van der Waals surface area contributed by atoms with Crippen LogP contribution in [0.5, 0.6) is 0 Å². The average Bonchev–Trinajstić information content (AvgIpc) is 3.10. The highest BCUT2D eigenvalue weighted by Crippen LogP contribution is 2.30. The maximum atomic E-state index is 14.1. The summed E-state index contributed by atoms with van der Waals surface area (Å²) in [6.45, 7) is 4.21. The van der Waals surface area contributed by atoms with Crippen LogP contribution in [0, 0.1) is 5.82 Å². The van der Waals surface area contributed by atoms with Crippen LogP contribution in [0.25, 0.3) is 0 Å². The molecule has 3 aliphatic heterocycles. The zero-order chi connectivity index (χ0) is 17.3. The molecule has 3 saturated heterocycles. The van der Waals surface area contributed by atoms with E-state index < -0.39 is 0 Å². The number of amides is 1. The second kappa shape index (κ2) is 6.74. The lowest BCUT2D eigenvalue weighted by molar-refractivity contribution is -0.120. The number of halogens is 1. The second-order valence-corrected chi connectivity index (χ2v) is 7.08. The SMILES string of the molecule is O=C1CCOC2(CCN(c3ncc(F)c(N4CCCC4)n3)CC2)CN1. The normalized spacial score (nSPS) is 23.6. The fourth-order valence-corrected chi connectivity index (χ4v) is 3.85. The van der Waals surface area contributed by atoms with Crippen molar-refractivity contribution >= 4 is 17.7 Å². The van der Waals surface area contributed by atoms with Gasteiger partial charge in [0.2, 0.25) is 11.9 Å². The van der Waals surface area contributed by atoms with Crippen LogP contribution in [0.4, 0.5) is 16.2 Å². The Kier molecular flexibility index (Phi) is 4.45. The lowest BCUT2D eigenvalue weighted by atomic mass is 9.91. The highest BCUT2D eigenvalue weighted by atomic mass is 19.1. The molecule has 0 aliphatic carbocycles. The fourth-order valence-electron chi connectivity index (χ4n) is 3.85. The van der Waals surface area contributed by atoms with Crippen molar-refractivity contribution in [3.05, 3.63) is 12.0 Å². The lowest BCUT2D eigenvalue weighted by Gasteiger charge is -2.40. The first-order valence-corrected chi connectivity index (χ1v) is 9.08. The van der Waals surface area contributed by atoms with E-state index in [1.165, 1.54) is 6.20 Å². The molecule has 8 heteroatoms. The summed E-state index contributed by atoms with van der Waals surface area (Å²) in [4.78, 5) is 24.3. The molecule has 4 rings (SSSR count). The minimum Gasteiger partial charge on any atom is -0.372 e. The van der Waals surface area contributed by atoms with Gasteiger partial charge < -0.3 is 19.9 Å². The number of carbonyl (C=O) groups is 1. The molecule has 1 N–H and O–H groups in total. The van der Waals surface area contributed by atoms with Gasteiger partial charge in [-0.25, -0.2) is 9.37 Å². The third-order valence-corrected chi connectivity index (χ3v) is 5.42. The molecule has 7 nitrogen and oxygen atoms in total. The number of hydrogen-bond donors (Lipinski definition) is 1. The Labute approximate surface area is 146 Å². The molecular weight excluding hydrogens is 325 g/mol. The molecule has 0 bridgehead atoms. The Morgan fingerprint density at radius 2 is 1.92 bits per heavy atom. The summed E-state index contributed by atoms with van der Waals surface area (Å²) in [5.41, 5.74) is -0.291. The van der Waals surface area contributed by atoms with Crippen LogP contribution in [-0.2, 0) is 9.53 Å². The standard InChI is InChI=1S/C17H24FN5O2/c18-13-11-19-16(21-15(13)22-6-1-2-7-22)23-8-4-17(5-9-23)12-20-14(24)3-10-25-17/h11H,1-10,12H2,(H,20,24). The molecule has 3 aliphatic rings. The minimum absolute atomic E-state index is 0.0522. The van der Waals surface area contributed by atoms with E-state index in [4.69, 9.17) is 4.74 Å². The molecule has 0 aromatic carbocycles. The number of ether oxygens (including phenoxy) is 1. The van der Waals surface area contributed by atoms with Crippen molar-refractivity contribution in [2.45, 2.75) is 37.7 Å². The smallest absolute Gasteiger partial charge is 0.227 e. The van der Waals surface area contributed by atoms with Crippen molar-refractivity contribution in [2.24, 2.45) is 0 Å². The maximum absolute atomic E-state index is 14.1. The molecule has 0 saturated carbocycles. The van der Waals surface area contributed by atoms with Crippen molar-refractivity contribution in [2.75, 3.05) is 49.1 Å². The second-order valence-electron chi connectivity index (χ2n) is 7.08. The molecule has 1 amide bonds. The lowest BCUT2D eigenvalue weighted by Crippen LogP contribution is -2.51. The van der Waals surface area contributed by atoms with Crippen LogP contribution in [0.15, 0.2) is 6.20 Å². The molecule has 3 fully saturated rings. The summed E-state index contributed by atoms with van der Waals surface area (Å²) < 4.78 is 20.1. The predicted molar refractivity (Wildman–Crippen MR) is 91.2 cm³/mol. The van der Waals surface area contributed by atoms with Crippen molar-refractivity contribution in [3.8, 4) is 0 Å². The predicted octanol–water partition coefficient (Wildman–Crippen LogP) is 1.09. The van der Waals surface area contributed by atoms with Crippen molar-refractivity contribution in [3.63, 3.8) is 0 Å². The third kappa shape index (κ3) is 3.40. The largest absolute Gasteiger partial charge is 0.372 e. The molecule has 1 aromatic heterocycles. The summed E-state index contributed by atoms with van der Waals surface area (Å²) in [5.74, 6) is 0.696. The Bertz CT molecular complexity index is 642. The molecule has 0 unspecified atom stereocenters. The van der Waals surface area contributed by atoms with E-state index in [1.54, 1.807) is 0 Å². The number of nitrogens with zero attached hydrogens (tertiary/aromatic N) is 4. The first-order valence-electron chi connectivity index (χ1n) is 9.08. The van der Waals surface area contributed by atoms with Gasteiger partial charge in [-0.3, -0.25) is 4.79 Å². The van der Waals surface area contributed by atoms with Gasteiger partial charge in [-0.05, 0) is 25.7 Å². The van der Waals surface area contributed by atoms with Crippen molar-refractivity contribution in [1.29, 1.82) is 0 Å². The Morgan fingerprint density at radius 1 is 1.16 bits per heavy atom. The number of rotatable bonds is 2. The number of anilines is 2. The maximum Gasteiger partial charge on any atom is 0.227 e. The van der Waals surface area contributed by atoms with Gasteiger partial charge in [0.15, 0.2) is 11.6 Å². The van der Waals surface area contributed by atoms with Crippen molar-refractivity contribution < 1.29 is 13.9 Å². The Hall–Kier alpha value is -1.96. The summed E-state index contributed by atoms with van der Waals surface area (Å²) in [6, 6.07) is 0.